The maximum atomic E-state index is 13.3. The molecule has 0 amide bonds. The van der Waals surface area contributed by atoms with E-state index in [4.69, 9.17) is 10.5 Å². The first kappa shape index (κ1) is 12.4. The molecule has 0 saturated heterocycles. The van der Waals surface area contributed by atoms with E-state index in [1.807, 2.05) is 0 Å². The molecule has 1 aromatic carbocycles. The summed E-state index contributed by atoms with van der Waals surface area (Å²) in [6.07, 6.45) is 1.43. The van der Waals surface area contributed by atoms with Crippen LogP contribution in [0.5, 0.6) is 11.6 Å². The van der Waals surface area contributed by atoms with Crippen molar-refractivity contribution in [3.8, 4) is 11.6 Å². The van der Waals surface area contributed by atoms with Crippen molar-refractivity contribution in [3.05, 3.63) is 53.5 Å². The Bertz CT molecular complexity index is 535. The molecule has 0 bridgehead atoms. The number of hydrogen-bond donors (Lipinski definition) is 1. The molecule has 18 heavy (non-hydrogen) atoms. The van der Waals surface area contributed by atoms with Gasteiger partial charge < -0.3 is 10.5 Å². The fraction of sp³-hybridized carbons (Fsp3) is 0.0833. The number of nitrogens with zero attached hydrogens (tertiary/aromatic N) is 1. The molecular formula is C12H9F3N2O. The molecule has 0 aliphatic heterocycles. The Labute approximate surface area is 101 Å². The van der Waals surface area contributed by atoms with Crippen LogP contribution >= 0.6 is 0 Å². The second-order valence-corrected chi connectivity index (χ2v) is 3.51. The highest BCUT2D eigenvalue weighted by Gasteiger charge is 2.14. The fourth-order valence-corrected chi connectivity index (χ4v) is 1.32. The first-order valence-electron chi connectivity index (χ1n) is 5.07. The first-order chi connectivity index (χ1) is 8.60. The summed E-state index contributed by atoms with van der Waals surface area (Å²) in [7, 11) is 0. The van der Waals surface area contributed by atoms with Gasteiger partial charge >= 0.3 is 0 Å². The van der Waals surface area contributed by atoms with E-state index in [1.165, 1.54) is 12.3 Å². The Morgan fingerprint density at radius 3 is 2.28 bits per heavy atom. The molecule has 0 unspecified atom stereocenters. The van der Waals surface area contributed by atoms with E-state index in [-0.39, 0.29) is 5.88 Å². The van der Waals surface area contributed by atoms with E-state index in [2.05, 4.69) is 4.98 Å². The number of benzene rings is 1. The largest absolute Gasteiger partial charge is 0.433 e. The predicted molar refractivity (Wildman–Crippen MR) is 58.5 cm³/mol. The van der Waals surface area contributed by atoms with Gasteiger partial charge in [0.2, 0.25) is 11.6 Å². The van der Waals surface area contributed by atoms with Crippen LogP contribution in [0, 0.1) is 17.5 Å². The van der Waals surface area contributed by atoms with Crippen LogP contribution in [0.25, 0.3) is 0 Å². The predicted octanol–water partition coefficient (Wildman–Crippen LogP) is 2.75. The molecule has 0 saturated carbocycles. The molecule has 2 aromatic rings. The van der Waals surface area contributed by atoms with Crippen LogP contribution in [0.4, 0.5) is 13.2 Å². The van der Waals surface area contributed by atoms with Crippen molar-refractivity contribution in [2.75, 3.05) is 0 Å². The molecule has 0 aliphatic rings. The zero-order valence-electron chi connectivity index (χ0n) is 9.16. The minimum absolute atomic E-state index is 0.00314. The van der Waals surface area contributed by atoms with E-state index in [0.29, 0.717) is 18.7 Å². The quantitative estimate of drug-likeness (QED) is 0.916. The molecule has 0 atom stereocenters. The standard InChI is InChI=1S/C12H9F3N2O/c13-8-3-9(14)12(10(15)4-8)18-11-2-1-7(5-16)6-17-11/h1-4,6H,5,16H2. The molecule has 94 valence electrons. The number of nitrogens with two attached hydrogens (primary N) is 1. The average Bonchev–Trinajstić information content (AvgIpc) is 2.34. The zero-order chi connectivity index (χ0) is 13.1. The van der Waals surface area contributed by atoms with Crippen LogP contribution in [0.1, 0.15) is 5.56 Å². The molecular weight excluding hydrogens is 245 g/mol. The van der Waals surface area contributed by atoms with E-state index in [1.54, 1.807) is 6.07 Å². The van der Waals surface area contributed by atoms with Crippen molar-refractivity contribution in [1.82, 2.24) is 4.98 Å². The van der Waals surface area contributed by atoms with Gasteiger partial charge in [-0.15, -0.1) is 0 Å². The SMILES string of the molecule is NCc1ccc(Oc2c(F)cc(F)cc2F)nc1. The number of hydrogen-bond acceptors (Lipinski definition) is 3. The fourth-order valence-electron chi connectivity index (χ4n) is 1.32. The summed E-state index contributed by atoms with van der Waals surface area (Å²) in [4.78, 5) is 3.82. The monoisotopic (exact) mass is 254 g/mol. The van der Waals surface area contributed by atoms with E-state index >= 15 is 0 Å². The van der Waals surface area contributed by atoms with E-state index in [9.17, 15) is 13.2 Å². The number of rotatable bonds is 3. The second-order valence-electron chi connectivity index (χ2n) is 3.51. The molecule has 0 radical (unpaired) electrons. The van der Waals surface area contributed by atoms with Crippen LogP contribution < -0.4 is 10.5 Å². The number of ether oxygens (including phenoxy) is 1. The van der Waals surface area contributed by atoms with Gasteiger partial charge in [-0.05, 0) is 5.56 Å². The van der Waals surface area contributed by atoms with Crippen LogP contribution in [0.3, 0.4) is 0 Å². The van der Waals surface area contributed by atoms with Gasteiger partial charge in [-0.1, -0.05) is 6.07 Å². The van der Waals surface area contributed by atoms with Gasteiger partial charge in [0.05, 0.1) is 0 Å². The third kappa shape index (κ3) is 2.60. The summed E-state index contributed by atoms with van der Waals surface area (Å²) in [5, 5.41) is 0. The summed E-state index contributed by atoms with van der Waals surface area (Å²) >= 11 is 0. The van der Waals surface area contributed by atoms with Crippen LogP contribution in [0.2, 0.25) is 0 Å². The first-order valence-corrected chi connectivity index (χ1v) is 5.07. The lowest BCUT2D eigenvalue weighted by Gasteiger charge is -2.07. The van der Waals surface area contributed by atoms with Crippen molar-refractivity contribution in [3.63, 3.8) is 0 Å². The van der Waals surface area contributed by atoms with Crippen LogP contribution in [-0.2, 0) is 6.54 Å². The highest BCUT2D eigenvalue weighted by atomic mass is 19.1. The maximum absolute atomic E-state index is 13.3. The topological polar surface area (TPSA) is 48.1 Å². The number of halogens is 3. The van der Waals surface area contributed by atoms with E-state index < -0.39 is 23.2 Å². The molecule has 2 N–H and O–H groups in total. The molecule has 0 aliphatic carbocycles. The minimum atomic E-state index is -1.13. The van der Waals surface area contributed by atoms with Crippen LogP contribution in [0.15, 0.2) is 30.5 Å². The number of aromatic nitrogens is 1. The third-order valence-electron chi connectivity index (χ3n) is 2.20. The lowest BCUT2D eigenvalue weighted by atomic mass is 10.3. The molecule has 0 fully saturated rings. The van der Waals surface area contributed by atoms with E-state index in [0.717, 1.165) is 5.56 Å². The van der Waals surface area contributed by atoms with Gasteiger partial charge in [0.25, 0.3) is 0 Å². The zero-order valence-corrected chi connectivity index (χ0v) is 9.16. The smallest absolute Gasteiger partial charge is 0.219 e. The van der Waals surface area contributed by atoms with Crippen molar-refractivity contribution < 1.29 is 17.9 Å². The van der Waals surface area contributed by atoms with Crippen molar-refractivity contribution in [1.29, 1.82) is 0 Å². The Morgan fingerprint density at radius 2 is 1.78 bits per heavy atom. The third-order valence-corrected chi connectivity index (χ3v) is 2.20. The van der Waals surface area contributed by atoms with Gasteiger partial charge in [0, 0.05) is 30.9 Å². The minimum Gasteiger partial charge on any atom is -0.433 e. The van der Waals surface area contributed by atoms with Gasteiger partial charge in [-0.3, -0.25) is 0 Å². The molecule has 2 rings (SSSR count). The maximum Gasteiger partial charge on any atom is 0.219 e. The second kappa shape index (κ2) is 5.05. The normalized spacial score (nSPS) is 10.4. The molecule has 6 heteroatoms. The summed E-state index contributed by atoms with van der Waals surface area (Å²) in [6.45, 7) is 0.298. The van der Waals surface area contributed by atoms with Crippen molar-refractivity contribution >= 4 is 0 Å². The summed E-state index contributed by atoms with van der Waals surface area (Å²) in [6, 6.07) is 4.10. The van der Waals surface area contributed by atoms with Gasteiger partial charge in [0.15, 0.2) is 11.6 Å². The molecule has 3 nitrogen and oxygen atoms in total. The molecule has 0 spiro atoms. The van der Waals surface area contributed by atoms with Gasteiger partial charge in [0.1, 0.15) is 5.82 Å². The van der Waals surface area contributed by atoms with Crippen LogP contribution in [-0.4, -0.2) is 4.98 Å². The summed E-state index contributed by atoms with van der Waals surface area (Å²) < 4.78 is 44.2. The lowest BCUT2D eigenvalue weighted by molar-refractivity contribution is 0.390. The Balaban J connectivity index is 2.28. The summed E-state index contributed by atoms with van der Waals surface area (Å²) in [5.41, 5.74) is 6.13. The Hall–Kier alpha value is -2.08. The Morgan fingerprint density at radius 1 is 1.11 bits per heavy atom. The van der Waals surface area contributed by atoms with Crippen molar-refractivity contribution in [2.45, 2.75) is 6.54 Å². The molecule has 1 heterocycles. The average molecular weight is 254 g/mol. The number of pyridine rings is 1. The highest BCUT2D eigenvalue weighted by Crippen LogP contribution is 2.27. The van der Waals surface area contributed by atoms with Gasteiger partial charge in [-0.25, -0.2) is 18.2 Å². The molecule has 1 aromatic heterocycles. The highest BCUT2D eigenvalue weighted by molar-refractivity contribution is 5.31. The summed E-state index contributed by atoms with van der Waals surface area (Å²) in [5.74, 6) is -3.96. The van der Waals surface area contributed by atoms with Crippen molar-refractivity contribution in [2.24, 2.45) is 5.73 Å². The lowest BCUT2D eigenvalue weighted by Crippen LogP contribution is -1.99. The van der Waals surface area contributed by atoms with Gasteiger partial charge in [-0.2, -0.15) is 0 Å². The Kier molecular flexibility index (Phi) is 3.47.